The highest BCUT2D eigenvalue weighted by Crippen LogP contribution is 2.21. The normalized spacial score (nSPS) is 14.7. The van der Waals surface area contributed by atoms with Crippen LogP contribution in [0.1, 0.15) is 5.69 Å². The number of nitrogens with zero attached hydrogens (tertiary/aromatic N) is 5. The Labute approximate surface area is 144 Å². The summed E-state index contributed by atoms with van der Waals surface area (Å²) in [4.78, 5) is 27.6. The summed E-state index contributed by atoms with van der Waals surface area (Å²) in [6.07, 6.45) is 3.40. The Morgan fingerprint density at radius 1 is 1.20 bits per heavy atom. The molecule has 0 atom stereocenters. The van der Waals surface area contributed by atoms with Crippen LogP contribution in [0.5, 0.6) is 0 Å². The summed E-state index contributed by atoms with van der Waals surface area (Å²) < 4.78 is 6.76. The summed E-state index contributed by atoms with van der Waals surface area (Å²) in [5, 5.41) is 3.08. The molecule has 8 heteroatoms. The van der Waals surface area contributed by atoms with E-state index in [0.717, 1.165) is 24.3 Å². The minimum Gasteiger partial charge on any atom is -0.378 e. The average molecular weight is 338 g/mol. The molecule has 0 aliphatic carbocycles. The molecule has 4 rings (SSSR count). The molecule has 0 bridgehead atoms. The van der Waals surface area contributed by atoms with Gasteiger partial charge in [-0.1, -0.05) is 6.07 Å². The Bertz CT molecular complexity index is 928. The standard InChI is InChI=1S/C17H18N6O2/c1-12-13(11-19-17(20-12)22-6-8-25-9-7-22)14-10-16(24)23(21-14)15-4-2-3-5-18-15/h2-5,10-11,21H,6-9H2,1H3. The molecule has 0 amide bonds. The van der Waals surface area contributed by atoms with Gasteiger partial charge in [-0.2, -0.15) is 0 Å². The van der Waals surface area contributed by atoms with Crippen LogP contribution in [0, 0.1) is 6.92 Å². The van der Waals surface area contributed by atoms with Crippen molar-refractivity contribution in [3.63, 3.8) is 0 Å². The van der Waals surface area contributed by atoms with Crippen molar-refractivity contribution >= 4 is 5.95 Å². The predicted octanol–water partition coefficient (Wildman–Crippen LogP) is 1.16. The summed E-state index contributed by atoms with van der Waals surface area (Å²) in [6, 6.07) is 6.95. The first-order valence-corrected chi connectivity index (χ1v) is 8.12. The molecule has 0 spiro atoms. The van der Waals surface area contributed by atoms with E-state index in [1.807, 2.05) is 13.0 Å². The van der Waals surface area contributed by atoms with E-state index in [1.165, 1.54) is 10.7 Å². The lowest BCUT2D eigenvalue weighted by molar-refractivity contribution is 0.122. The van der Waals surface area contributed by atoms with Crippen LogP contribution in [-0.4, -0.2) is 51.0 Å². The van der Waals surface area contributed by atoms with E-state index in [1.54, 1.807) is 24.5 Å². The van der Waals surface area contributed by atoms with Crippen LogP contribution in [0.15, 0.2) is 41.5 Å². The van der Waals surface area contributed by atoms with Crippen molar-refractivity contribution in [2.24, 2.45) is 0 Å². The predicted molar refractivity (Wildman–Crippen MR) is 93.0 cm³/mol. The van der Waals surface area contributed by atoms with Gasteiger partial charge < -0.3 is 9.64 Å². The fourth-order valence-corrected chi connectivity index (χ4v) is 2.82. The number of H-pyrrole nitrogens is 1. The second-order valence-corrected chi connectivity index (χ2v) is 5.80. The van der Waals surface area contributed by atoms with Gasteiger partial charge in [0.2, 0.25) is 5.95 Å². The number of anilines is 1. The van der Waals surface area contributed by atoms with Crippen molar-refractivity contribution in [2.45, 2.75) is 6.92 Å². The zero-order valence-corrected chi connectivity index (χ0v) is 13.8. The second kappa shape index (κ2) is 6.48. The van der Waals surface area contributed by atoms with Crippen LogP contribution in [0.4, 0.5) is 5.95 Å². The Balaban J connectivity index is 1.67. The van der Waals surface area contributed by atoms with Crippen molar-refractivity contribution in [3.8, 4) is 17.1 Å². The maximum atomic E-state index is 12.3. The third kappa shape index (κ3) is 3.03. The zero-order chi connectivity index (χ0) is 17.2. The first-order chi connectivity index (χ1) is 12.2. The molecule has 8 nitrogen and oxygen atoms in total. The number of ether oxygens (including phenoxy) is 1. The van der Waals surface area contributed by atoms with Gasteiger partial charge in [-0.15, -0.1) is 0 Å². The summed E-state index contributed by atoms with van der Waals surface area (Å²) in [7, 11) is 0. The molecule has 0 saturated carbocycles. The van der Waals surface area contributed by atoms with Gasteiger partial charge in [0.15, 0.2) is 5.82 Å². The molecule has 25 heavy (non-hydrogen) atoms. The third-order valence-electron chi connectivity index (χ3n) is 4.15. The van der Waals surface area contributed by atoms with Gasteiger partial charge >= 0.3 is 0 Å². The number of hydrogen-bond donors (Lipinski definition) is 1. The highest BCUT2D eigenvalue weighted by molar-refractivity contribution is 5.61. The van der Waals surface area contributed by atoms with Gasteiger partial charge in [-0.05, 0) is 19.1 Å². The Hall–Kier alpha value is -3.00. The molecule has 128 valence electrons. The number of aromatic nitrogens is 5. The smallest absolute Gasteiger partial charge is 0.273 e. The quantitative estimate of drug-likeness (QED) is 0.771. The van der Waals surface area contributed by atoms with Gasteiger partial charge in [-0.3, -0.25) is 9.89 Å². The minimum atomic E-state index is -0.176. The van der Waals surface area contributed by atoms with E-state index in [-0.39, 0.29) is 5.56 Å². The first-order valence-electron chi connectivity index (χ1n) is 8.12. The molecule has 0 unspecified atom stereocenters. The minimum absolute atomic E-state index is 0.176. The van der Waals surface area contributed by atoms with Crippen LogP contribution in [0.25, 0.3) is 17.1 Å². The average Bonchev–Trinajstić information content (AvgIpc) is 3.04. The molecule has 1 aliphatic heterocycles. The van der Waals surface area contributed by atoms with Crippen molar-refractivity contribution in [3.05, 3.63) is 52.7 Å². The third-order valence-corrected chi connectivity index (χ3v) is 4.15. The Morgan fingerprint density at radius 2 is 2.04 bits per heavy atom. The summed E-state index contributed by atoms with van der Waals surface area (Å²) in [6.45, 7) is 4.85. The Morgan fingerprint density at radius 3 is 2.76 bits per heavy atom. The zero-order valence-electron chi connectivity index (χ0n) is 13.8. The van der Waals surface area contributed by atoms with E-state index in [9.17, 15) is 4.79 Å². The van der Waals surface area contributed by atoms with Gasteiger partial charge in [0, 0.05) is 37.1 Å². The van der Waals surface area contributed by atoms with E-state index in [4.69, 9.17) is 4.74 Å². The topological polar surface area (TPSA) is 88.9 Å². The number of morpholine rings is 1. The van der Waals surface area contributed by atoms with Crippen LogP contribution < -0.4 is 10.5 Å². The molecular weight excluding hydrogens is 320 g/mol. The molecule has 1 saturated heterocycles. The maximum Gasteiger partial charge on any atom is 0.273 e. The lowest BCUT2D eigenvalue weighted by atomic mass is 10.2. The Kier molecular flexibility index (Phi) is 4.02. The van der Waals surface area contributed by atoms with Crippen LogP contribution in [-0.2, 0) is 4.74 Å². The fourth-order valence-electron chi connectivity index (χ4n) is 2.82. The van der Waals surface area contributed by atoms with Crippen LogP contribution >= 0.6 is 0 Å². The van der Waals surface area contributed by atoms with E-state index in [0.29, 0.717) is 30.7 Å². The maximum absolute atomic E-state index is 12.3. The largest absolute Gasteiger partial charge is 0.378 e. The highest BCUT2D eigenvalue weighted by atomic mass is 16.5. The van der Waals surface area contributed by atoms with Crippen LogP contribution in [0.2, 0.25) is 0 Å². The van der Waals surface area contributed by atoms with Crippen molar-refractivity contribution in [1.82, 2.24) is 24.7 Å². The molecule has 3 aromatic heterocycles. The molecule has 3 aromatic rings. The molecular formula is C17H18N6O2. The SMILES string of the molecule is Cc1nc(N2CCOCC2)ncc1-c1cc(=O)n(-c2ccccn2)[nH]1. The highest BCUT2D eigenvalue weighted by Gasteiger charge is 2.16. The number of pyridine rings is 1. The van der Waals surface area contributed by atoms with E-state index in [2.05, 4.69) is 25.0 Å². The van der Waals surface area contributed by atoms with E-state index >= 15 is 0 Å². The molecule has 1 fully saturated rings. The summed E-state index contributed by atoms with van der Waals surface area (Å²) >= 11 is 0. The monoisotopic (exact) mass is 338 g/mol. The van der Waals surface area contributed by atoms with Crippen molar-refractivity contribution < 1.29 is 4.74 Å². The molecule has 0 aromatic carbocycles. The van der Waals surface area contributed by atoms with Crippen LogP contribution in [0.3, 0.4) is 0 Å². The molecule has 1 N–H and O–H groups in total. The first kappa shape index (κ1) is 15.5. The van der Waals surface area contributed by atoms with Crippen molar-refractivity contribution in [1.29, 1.82) is 0 Å². The number of hydrogen-bond acceptors (Lipinski definition) is 6. The number of nitrogens with one attached hydrogen (secondary N) is 1. The number of rotatable bonds is 3. The second-order valence-electron chi connectivity index (χ2n) is 5.80. The lowest BCUT2D eigenvalue weighted by Crippen LogP contribution is -2.37. The summed E-state index contributed by atoms with van der Waals surface area (Å²) in [5.41, 5.74) is 2.10. The van der Waals surface area contributed by atoms with Gasteiger partial charge in [-0.25, -0.2) is 19.6 Å². The molecule has 0 radical (unpaired) electrons. The fraction of sp³-hybridized carbons (Fsp3) is 0.294. The lowest BCUT2D eigenvalue weighted by Gasteiger charge is -2.27. The van der Waals surface area contributed by atoms with Crippen molar-refractivity contribution in [2.75, 3.05) is 31.2 Å². The molecule has 1 aliphatic rings. The van der Waals surface area contributed by atoms with E-state index < -0.39 is 0 Å². The van der Waals surface area contributed by atoms with Gasteiger partial charge in [0.05, 0.1) is 24.6 Å². The van der Waals surface area contributed by atoms with Gasteiger partial charge in [0.25, 0.3) is 5.56 Å². The molecule has 4 heterocycles. The number of aryl methyl sites for hydroxylation is 1. The summed E-state index contributed by atoms with van der Waals surface area (Å²) in [5.74, 6) is 1.23. The number of aromatic amines is 1. The van der Waals surface area contributed by atoms with Gasteiger partial charge in [0.1, 0.15) is 0 Å².